The van der Waals surface area contributed by atoms with Crippen LogP contribution >= 0.6 is 11.6 Å². The molecule has 0 unspecified atom stereocenters. The monoisotopic (exact) mass is 289 g/mol. The van der Waals surface area contributed by atoms with E-state index in [1.165, 1.54) is 0 Å². The molecule has 0 radical (unpaired) electrons. The molecule has 0 aliphatic heterocycles. The summed E-state index contributed by atoms with van der Waals surface area (Å²) in [5.74, 6) is 0.428. The third-order valence-corrected chi connectivity index (χ3v) is 3.11. The van der Waals surface area contributed by atoms with Gasteiger partial charge in [-0.25, -0.2) is 0 Å². The number of aryl methyl sites for hydroxylation is 2. The Kier molecular flexibility index (Phi) is 4.64. The maximum absolute atomic E-state index is 11.9. The van der Waals surface area contributed by atoms with E-state index < -0.39 is 0 Å². The maximum Gasteiger partial charge on any atom is 0.262 e. The number of carbonyl (C=O) groups is 1. The van der Waals surface area contributed by atoms with Crippen molar-refractivity contribution in [2.75, 3.05) is 11.9 Å². The van der Waals surface area contributed by atoms with E-state index in [1.54, 1.807) is 12.1 Å². The summed E-state index contributed by atoms with van der Waals surface area (Å²) in [7, 11) is 0. The molecule has 1 amide bonds. The predicted molar refractivity (Wildman–Crippen MR) is 81.5 cm³/mol. The van der Waals surface area contributed by atoms with Crippen molar-refractivity contribution in [2.45, 2.75) is 13.8 Å². The first-order valence-electron chi connectivity index (χ1n) is 6.30. The SMILES string of the molecule is Cc1cc(C)c(NC(=O)COc2ccccc2)c(Cl)c1. The van der Waals surface area contributed by atoms with Gasteiger partial charge in [-0.15, -0.1) is 0 Å². The number of anilines is 1. The summed E-state index contributed by atoms with van der Waals surface area (Å²) < 4.78 is 5.39. The van der Waals surface area contributed by atoms with Gasteiger partial charge < -0.3 is 10.1 Å². The molecule has 0 heterocycles. The van der Waals surface area contributed by atoms with Gasteiger partial charge in [0.2, 0.25) is 0 Å². The summed E-state index contributed by atoms with van der Waals surface area (Å²) in [5, 5.41) is 3.32. The van der Waals surface area contributed by atoms with E-state index in [9.17, 15) is 4.79 Å². The van der Waals surface area contributed by atoms with Crippen LogP contribution in [0.4, 0.5) is 5.69 Å². The molecule has 3 nitrogen and oxygen atoms in total. The molecule has 0 fully saturated rings. The smallest absolute Gasteiger partial charge is 0.262 e. The lowest BCUT2D eigenvalue weighted by Gasteiger charge is -2.12. The van der Waals surface area contributed by atoms with Gasteiger partial charge in [-0.05, 0) is 43.2 Å². The van der Waals surface area contributed by atoms with E-state index in [2.05, 4.69) is 5.32 Å². The minimum Gasteiger partial charge on any atom is -0.484 e. The van der Waals surface area contributed by atoms with Crippen molar-refractivity contribution < 1.29 is 9.53 Å². The highest BCUT2D eigenvalue weighted by molar-refractivity contribution is 6.34. The van der Waals surface area contributed by atoms with Crippen LogP contribution in [-0.4, -0.2) is 12.5 Å². The molecule has 0 saturated carbocycles. The van der Waals surface area contributed by atoms with Crippen molar-refractivity contribution >= 4 is 23.2 Å². The number of ether oxygens (including phenoxy) is 1. The Morgan fingerprint density at radius 3 is 2.55 bits per heavy atom. The van der Waals surface area contributed by atoms with Crippen molar-refractivity contribution in [1.29, 1.82) is 0 Å². The van der Waals surface area contributed by atoms with E-state index >= 15 is 0 Å². The molecule has 4 heteroatoms. The summed E-state index contributed by atoms with van der Waals surface area (Å²) in [6.07, 6.45) is 0. The second-order valence-corrected chi connectivity index (χ2v) is 5.00. The van der Waals surface area contributed by atoms with Gasteiger partial charge >= 0.3 is 0 Å². The molecule has 20 heavy (non-hydrogen) atoms. The molecule has 0 spiro atoms. The summed E-state index contributed by atoms with van der Waals surface area (Å²) in [6.45, 7) is 3.82. The summed E-state index contributed by atoms with van der Waals surface area (Å²) in [4.78, 5) is 11.9. The van der Waals surface area contributed by atoms with E-state index in [0.717, 1.165) is 11.1 Å². The standard InChI is InChI=1S/C16H16ClNO2/c1-11-8-12(2)16(14(17)9-11)18-15(19)10-20-13-6-4-3-5-7-13/h3-9H,10H2,1-2H3,(H,18,19). The molecule has 1 N–H and O–H groups in total. The first-order valence-corrected chi connectivity index (χ1v) is 6.68. The van der Waals surface area contributed by atoms with Gasteiger partial charge in [-0.2, -0.15) is 0 Å². The van der Waals surface area contributed by atoms with Gasteiger partial charge in [-0.1, -0.05) is 35.9 Å². The quantitative estimate of drug-likeness (QED) is 0.925. The van der Waals surface area contributed by atoms with Crippen LogP contribution in [0.25, 0.3) is 0 Å². The van der Waals surface area contributed by atoms with Gasteiger partial charge in [0.15, 0.2) is 6.61 Å². The van der Waals surface area contributed by atoms with Crippen molar-refractivity contribution in [2.24, 2.45) is 0 Å². The Hall–Kier alpha value is -2.00. The Morgan fingerprint density at radius 2 is 1.90 bits per heavy atom. The Bertz CT molecular complexity index is 588. The number of hydrogen-bond donors (Lipinski definition) is 1. The average Bonchev–Trinajstić information content (AvgIpc) is 2.42. The van der Waals surface area contributed by atoms with Crippen LogP contribution in [0.15, 0.2) is 42.5 Å². The number of carbonyl (C=O) groups excluding carboxylic acids is 1. The topological polar surface area (TPSA) is 38.3 Å². The largest absolute Gasteiger partial charge is 0.484 e. The van der Waals surface area contributed by atoms with Gasteiger partial charge in [0.1, 0.15) is 5.75 Å². The van der Waals surface area contributed by atoms with Crippen LogP contribution in [0.5, 0.6) is 5.75 Å². The summed E-state index contributed by atoms with van der Waals surface area (Å²) in [5.41, 5.74) is 2.63. The number of para-hydroxylation sites is 1. The summed E-state index contributed by atoms with van der Waals surface area (Å²) in [6, 6.07) is 13.0. The Balaban J connectivity index is 1.98. The minimum atomic E-state index is -0.234. The molecule has 0 aromatic heterocycles. The Morgan fingerprint density at radius 1 is 1.20 bits per heavy atom. The van der Waals surface area contributed by atoms with Crippen LogP contribution in [0.3, 0.4) is 0 Å². The van der Waals surface area contributed by atoms with Crippen molar-refractivity contribution in [3.63, 3.8) is 0 Å². The van der Waals surface area contributed by atoms with E-state index in [1.807, 2.05) is 44.2 Å². The fraction of sp³-hybridized carbons (Fsp3) is 0.188. The van der Waals surface area contributed by atoms with E-state index in [4.69, 9.17) is 16.3 Å². The van der Waals surface area contributed by atoms with Crippen LogP contribution in [0.2, 0.25) is 5.02 Å². The van der Waals surface area contributed by atoms with Crippen molar-refractivity contribution in [3.8, 4) is 5.75 Å². The highest BCUT2D eigenvalue weighted by Crippen LogP contribution is 2.27. The van der Waals surface area contributed by atoms with Gasteiger partial charge in [0.05, 0.1) is 10.7 Å². The van der Waals surface area contributed by atoms with Crippen LogP contribution < -0.4 is 10.1 Å². The molecule has 0 bridgehead atoms. The van der Waals surface area contributed by atoms with Crippen LogP contribution in [0, 0.1) is 13.8 Å². The molecular formula is C16H16ClNO2. The second kappa shape index (κ2) is 6.44. The molecule has 2 aromatic rings. The second-order valence-electron chi connectivity index (χ2n) is 4.59. The molecule has 0 saturated heterocycles. The summed E-state index contributed by atoms with van der Waals surface area (Å²) >= 11 is 6.14. The lowest BCUT2D eigenvalue weighted by Crippen LogP contribution is -2.20. The zero-order valence-corrected chi connectivity index (χ0v) is 12.2. The van der Waals surface area contributed by atoms with Gasteiger partial charge in [0.25, 0.3) is 5.91 Å². The van der Waals surface area contributed by atoms with E-state index in [0.29, 0.717) is 16.5 Å². The molecule has 0 aliphatic carbocycles. The third-order valence-electron chi connectivity index (χ3n) is 2.81. The fourth-order valence-corrected chi connectivity index (χ4v) is 2.28. The molecule has 2 rings (SSSR count). The molecule has 0 atom stereocenters. The molecule has 2 aromatic carbocycles. The highest BCUT2D eigenvalue weighted by Gasteiger charge is 2.10. The van der Waals surface area contributed by atoms with Gasteiger partial charge in [0, 0.05) is 0 Å². The zero-order chi connectivity index (χ0) is 14.5. The number of nitrogens with one attached hydrogen (secondary N) is 1. The van der Waals surface area contributed by atoms with E-state index in [-0.39, 0.29) is 12.5 Å². The normalized spacial score (nSPS) is 10.2. The number of benzene rings is 2. The first-order chi connectivity index (χ1) is 9.56. The Labute approximate surface area is 123 Å². The third kappa shape index (κ3) is 3.75. The fourth-order valence-electron chi connectivity index (χ4n) is 1.92. The average molecular weight is 290 g/mol. The maximum atomic E-state index is 11.9. The number of amides is 1. The molecule has 104 valence electrons. The van der Waals surface area contributed by atoms with Gasteiger partial charge in [-0.3, -0.25) is 4.79 Å². The van der Waals surface area contributed by atoms with Crippen molar-refractivity contribution in [3.05, 3.63) is 58.6 Å². The van der Waals surface area contributed by atoms with Crippen LogP contribution in [-0.2, 0) is 4.79 Å². The highest BCUT2D eigenvalue weighted by atomic mass is 35.5. The van der Waals surface area contributed by atoms with Crippen molar-refractivity contribution in [1.82, 2.24) is 0 Å². The predicted octanol–water partition coefficient (Wildman–Crippen LogP) is 3.97. The lowest BCUT2D eigenvalue weighted by molar-refractivity contribution is -0.118. The molecule has 0 aliphatic rings. The minimum absolute atomic E-state index is 0.0480. The molecular weight excluding hydrogens is 274 g/mol. The first kappa shape index (κ1) is 14.4. The number of rotatable bonds is 4. The number of hydrogen-bond acceptors (Lipinski definition) is 2. The number of halogens is 1. The van der Waals surface area contributed by atoms with Crippen LogP contribution in [0.1, 0.15) is 11.1 Å². The lowest BCUT2D eigenvalue weighted by atomic mass is 10.1. The zero-order valence-electron chi connectivity index (χ0n) is 11.4.